The molecule has 0 fully saturated rings. The first kappa shape index (κ1) is 11.3. The topological polar surface area (TPSA) is 68.0 Å². The standard InChI is InChI=1S/C12H13N3O2/c1-7-4-8(2)6-10(5-7)13-11(16)12-15-14-9(3)17-12/h4-6H,1-3H3,(H,13,16). The molecule has 88 valence electrons. The first-order valence-electron chi connectivity index (χ1n) is 5.24. The van der Waals surface area contributed by atoms with Crippen LogP contribution in [0, 0.1) is 20.8 Å². The average Bonchev–Trinajstić information content (AvgIpc) is 2.63. The molecular formula is C12H13N3O2. The second kappa shape index (κ2) is 4.37. The smallest absolute Gasteiger partial charge is 0.313 e. The predicted octanol–water partition coefficient (Wildman–Crippen LogP) is 2.25. The Balaban J connectivity index is 2.18. The van der Waals surface area contributed by atoms with Gasteiger partial charge in [0, 0.05) is 12.6 Å². The lowest BCUT2D eigenvalue weighted by Crippen LogP contribution is -2.12. The summed E-state index contributed by atoms with van der Waals surface area (Å²) >= 11 is 0. The van der Waals surface area contributed by atoms with Gasteiger partial charge in [0.25, 0.3) is 0 Å². The van der Waals surface area contributed by atoms with Gasteiger partial charge in [-0.2, -0.15) is 0 Å². The third-order valence-corrected chi connectivity index (χ3v) is 2.20. The lowest BCUT2D eigenvalue weighted by Gasteiger charge is -2.05. The van der Waals surface area contributed by atoms with Crippen molar-refractivity contribution in [3.05, 3.63) is 41.1 Å². The highest BCUT2D eigenvalue weighted by molar-refractivity contribution is 6.00. The first-order chi connectivity index (χ1) is 8.04. The van der Waals surface area contributed by atoms with Crippen LogP contribution in [0.3, 0.4) is 0 Å². The van der Waals surface area contributed by atoms with E-state index in [9.17, 15) is 4.79 Å². The molecular weight excluding hydrogens is 218 g/mol. The number of anilines is 1. The minimum absolute atomic E-state index is 0.0262. The molecule has 0 aliphatic heterocycles. The van der Waals surface area contributed by atoms with Crippen LogP contribution in [0.25, 0.3) is 0 Å². The Morgan fingerprint density at radius 2 is 1.76 bits per heavy atom. The van der Waals surface area contributed by atoms with E-state index in [0.29, 0.717) is 5.89 Å². The van der Waals surface area contributed by atoms with Crippen molar-refractivity contribution in [3.8, 4) is 0 Å². The number of aromatic nitrogens is 2. The Morgan fingerprint density at radius 3 is 2.29 bits per heavy atom. The van der Waals surface area contributed by atoms with Crippen molar-refractivity contribution in [2.75, 3.05) is 5.32 Å². The van der Waals surface area contributed by atoms with E-state index in [-0.39, 0.29) is 5.89 Å². The summed E-state index contributed by atoms with van der Waals surface area (Å²) in [6.45, 7) is 5.58. The second-order valence-electron chi connectivity index (χ2n) is 3.96. The lowest BCUT2D eigenvalue weighted by molar-refractivity contribution is 0.0989. The lowest BCUT2D eigenvalue weighted by atomic mass is 10.1. The highest BCUT2D eigenvalue weighted by Crippen LogP contribution is 2.14. The summed E-state index contributed by atoms with van der Waals surface area (Å²) in [5, 5.41) is 9.98. The van der Waals surface area contributed by atoms with Crippen LogP contribution in [0.2, 0.25) is 0 Å². The number of nitrogens with zero attached hydrogens (tertiary/aromatic N) is 2. The number of benzene rings is 1. The monoisotopic (exact) mass is 231 g/mol. The number of rotatable bonds is 2. The zero-order valence-electron chi connectivity index (χ0n) is 9.94. The van der Waals surface area contributed by atoms with Crippen molar-refractivity contribution in [2.45, 2.75) is 20.8 Å². The number of hydrogen-bond donors (Lipinski definition) is 1. The van der Waals surface area contributed by atoms with E-state index in [0.717, 1.165) is 16.8 Å². The molecule has 1 N–H and O–H groups in total. The van der Waals surface area contributed by atoms with E-state index < -0.39 is 5.91 Å². The molecule has 0 unspecified atom stereocenters. The van der Waals surface area contributed by atoms with Gasteiger partial charge in [0.05, 0.1) is 0 Å². The predicted molar refractivity (Wildman–Crippen MR) is 62.9 cm³/mol. The molecule has 0 atom stereocenters. The quantitative estimate of drug-likeness (QED) is 0.860. The minimum Gasteiger partial charge on any atom is -0.417 e. The molecule has 0 bridgehead atoms. The van der Waals surface area contributed by atoms with Gasteiger partial charge in [-0.25, -0.2) is 0 Å². The van der Waals surface area contributed by atoms with E-state index in [1.54, 1.807) is 6.92 Å². The molecule has 5 heteroatoms. The molecule has 5 nitrogen and oxygen atoms in total. The normalized spacial score (nSPS) is 10.3. The Bertz CT molecular complexity index is 540. The third kappa shape index (κ3) is 2.69. The summed E-state index contributed by atoms with van der Waals surface area (Å²) in [5.41, 5.74) is 2.90. The molecule has 17 heavy (non-hydrogen) atoms. The fourth-order valence-corrected chi connectivity index (χ4v) is 1.62. The maximum absolute atomic E-state index is 11.7. The molecule has 0 saturated heterocycles. The molecule has 1 aromatic heterocycles. The van der Waals surface area contributed by atoms with E-state index in [1.807, 2.05) is 32.0 Å². The van der Waals surface area contributed by atoms with Gasteiger partial charge in [-0.3, -0.25) is 4.79 Å². The van der Waals surface area contributed by atoms with Crippen molar-refractivity contribution >= 4 is 11.6 Å². The van der Waals surface area contributed by atoms with Crippen molar-refractivity contribution in [3.63, 3.8) is 0 Å². The van der Waals surface area contributed by atoms with Gasteiger partial charge in [0.1, 0.15) is 0 Å². The molecule has 0 spiro atoms. The van der Waals surface area contributed by atoms with Crippen LogP contribution < -0.4 is 5.32 Å². The first-order valence-corrected chi connectivity index (χ1v) is 5.24. The molecule has 0 aliphatic carbocycles. The summed E-state index contributed by atoms with van der Waals surface area (Å²) in [5.74, 6) is -0.0483. The molecule has 0 aliphatic rings. The summed E-state index contributed by atoms with van der Waals surface area (Å²) in [6, 6.07) is 5.80. The van der Waals surface area contributed by atoms with Crippen LogP contribution in [0.15, 0.2) is 22.6 Å². The van der Waals surface area contributed by atoms with Crippen molar-refractivity contribution < 1.29 is 9.21 Å². The highest BCUT2D eigenvalue weighted by Gasteiger charge is 2.13. The maximum Gasteiger partial charge on any atom is 0.313 e. The van der Waals surface area contributed by atoms with Gasteiger partial charge < -0.3 is 9.73 Å². The molecule has 2 aromatic rings. The maximum atomic E-state index is 11.7. The summed E-state index contributed by atoms with van der Waals surface area (Å²) in [6.07, 6.45) is 0. The molecule has 2 rings (SSSR count). The van der Waals surface area contributed by atoms with Crippen molar-refractivity contribution in [1.29, 1.82) is 0 Å². The summed E-state index contributed by atoms with van der Waals surface area (Å²) < 4.78 is 5.04. The molecule has 0 saturated carbocycles. The third-order valence-electron chi connectivity index (χ3n) is 2.20. The van der Waals surface area contributed by atoms with Gasteiger partial charge in [-0.05, 0) is 37.1 Å². The number of amides is 1. The largest absolute Gasteiger partial charge is 0.417 e. The van der Waals surface area contributed by atoms with E-state index in [1.165, 1.54) is 0 Å². The van der Waals surface area contributed by atoms with Crippen LogP contribution in [0.4, 0.5) is 5.69 Å². The highest BCUT2D eigenvalue weighted by atomic mass is 16.4. The van der Waals surface area contributed by atoms with Crippen molar-refractivity contribution in [1.82, 2.24) is 10.2 Å². The van der Waals surface area contributed by atoms with Crippen LogP contribution in [-0.2, 0) is 0 Å². The van der Waals surface area contributed by atoms with Crippen molar-refractivity contribution in [2.24, 2.45) is 0 Å². The van der Waals surface area contributed by atoms with Crippen LogP contribution in [0.5, 0.6) is 0 Å². The SMILES string of the molecule is Cc1cc(C)cc(NC(=O)c2nnc(C)o2)c1. The molecule has 0 radical (unpaired) electrons. The number of carbonyl (C=O) groups excluding carboxylic acids is 1. The molecule has 1 heterocycles. The van der Waals surface area contributed by atoms with Gasteiger partial charge in [0.2, 0.25) is 5.89 Å². The van der Waals surface area contributed by atoms with E-state index in [4.69, 9.17) is 4.42 Å². The zero-order chi connectivity index (χ0) is 12.4. The fourth-order valence-electron chi connectivity index (χ4n) is 1.62. The number of nitrogens with one attached hydrogen (secondary N) is 1. The van der Waals surface area contributed by atoms with Gasteiger partial charge in [0.15, 0.2) is 0 Å². The van der Waals surface area contributed by atoms with Crippen LogP contribution in [-0.4, -0.2) is 16.1 Å². The van der Waals surface area contributed by atoms with Crippen LogP contribution in [0.1, 0.15) is 27.7 Å². The fraction of sp³-hybridized carbons (Fsp3) is 0.250. The number of hydrogen-bond acceptors (Lipinski definition) is 4. The van der Waals surface area contributed by atoms with Gasteiger partial charge in [-0.15, -0.1) is 10.2 Å². The van der Waals surface area contributed by atoms with Gasteiger partial charge >= 0.3 is 11.8 Å². The Labute approximate surface area is 98.9 Å². The Hall–Kier alpha value is -2.17. The average molecular weight is 231 g/mol. The minimum atomic E-state index is -0.393. The Morgan fingerprint density at radius 1 is 1.12 bits per heavy atom. The summed E-state index contributed by atoms with van der Waals surface area (Å²) in [4.78, 5) is 11.7. The summed E-state index contributed by atoms with van der Waals surface area (Å²) in [7, 11) is 0. The Kier molecular flexibility index (Phi) is 2.91. The molecule has 1 aromatic carbocycles. The van der Waals surface area contributed by atoms with E-state index in [2.05, 4.69) is 15.5 Å². The van der Waals surface area contributed by atoms with Gasteiger partial charge in [-0.1, -0.05) is 6.07 Å². The second-order valence-corrected chi connectivity index (χ2v) is 3.96. The molecule has 1 amide bonds. The van der Waals surface area contributed by atoms with Crippen LogP contribution >= 0.6 is 0 Å². The van der Waals surface area contributed by atoms with E-state index >= 15 is 0 Å². The zero-order valence-corrected chi connectivity index (χ0v) is 9.94. The number of aryl methyl sites for hydroxylation is 3. The number of carbonyl (C=O) groups is 1.